The van der Waals surface area contributed by atoms with E-state index in [4.69, 9.17) is 5.11 Å². The molecular formula is C11H21N3O4. The lowest BCUT2D eigenvalue weighted by atomic mass is 10.2. The van der Waals surface area contributed by atoms with Gasteiger partial charge in [0.2, 0.25) is 5.91 Å². The first-order valence-electron chi connectivity index (χ1n) is 5.83. The average Bonchev–Trinajstić information content (AvgIpc) is 2.33. The van der Waals surface area contributed by atoms with E-state index in [2.05, 4.69) is 10.6 Å². The predicted molar refractivity (Wildman–Crippen MR) is 66.1 cm³/mol. The first-order valence-corrected chi connectivity index (χ1v) is 5.83. The van der Waals surface area contributed by atoms with Crippen LogP contribution in [0.1, 0.15) is 20.8 Å². The zero-order valence-electron chi connectivity index (χ0n) is 11.2. The van der Waals surface area contributed by atoms with Gasteiger partial charge in [-0.05, 0) is 13.8 Å². The number of carbonyl (C=O) groups excluding carboxylic acids is 2. The molecule has 0 rings (SSSR count). The highest BCUT2D eigenvalue weighted by Gasteiger charge is 2.21. The highest BCUT2D eigenvalue weighted by atomic mass is 16.4. The van der Waals surface area contributed by atoms with E-state index < -0.39 is 24.0 Å². The monoisotopic (exact) mass is 259 g/mol. The number of amides is 3. The number of nitrogens with one attached hydrogen (secondary N) is 2. The Bertz CT molecular complexity index is 319. The van der Waals surface area contributed by atoms with Crippen LogP contribution < -0.4 is 10.6 Å². The molecule has 0 aromatic carbocycles. The molecule has 7 heteroatoms. The van der Waals surface area contributed by atoms with Crippen LogP contribution in [0.2, 0.25) is 0 Å². The van der Waals surface area contributed by atoms with Crippen LogP contribution in [0.15, 0.2) is 0 Å². The van der Waals surface area contributed by atoms with Crippen LogP contribution in [0.25, 0.3) is 0 Å². The molecule has 2 atom stereocenters. The van der Waals surface area contributed by atoms with Gasteiger partial charge in [0, 0.05) is 20.1 Å². The van der Waals surface area contributed by atoms with Gasteiger partial charge in [0.1, 0.15) is 6.04 Å². The number of rotatable bonds is 6. The summed E-state index contributed by atoms with van der Waals surface area (Å²) in [6.07, 6.45) is 0. The van der Waals surface area contributed by atoms with E-state index in [1.807, 2.05) is 0 Å². The summed E-state index contributed by atoms with van der Waals surface area (Å²) < 4.78 is 0. The molecule has 18 heavy (non-hydrogen) atoms. The maximum Gasteiger partial charge on any atom is 0.318 e. The number of carboxylic acid groups (broad SMARTS) is 1. The molecule has 0 aliphatic carbocycles. The average molecular weight is 259 g/mol. The number of urea groups is 1. The zero-order chi connectivity index (χ0) is 14.3. The van der Waals surface area contributed by atoms with Crippen LogP contribution in [0.3, 0.4) is 0 Å². The quantitative estimate of drug-likeness (QED) is 0.619. The third kappa shape index (κ3) is 5.03. The molecule has 0 bridgehead atoms. The highest BCUT2D eigenvalue weighted by Crippen LogP contribution is 2.01. The van der Waals surface area contributed by atoms with Crippen molar-refractivity contribution in [1.82, 2.24) is 15.5 Å². The smallest absolute Gasteiger partial charge is 0.318 e. The molecule has 0 radical (unpaired) electrons. The lowest BCUT2D eigenvalue weighted by molar-refractivity contribution is -0.141. The van der Waals surface area contributed by atoms with Crippen LogP contribution in [-0.2, 0) is 9.59 Å². The van der Waals surface area contributed by atoms with E-state index in [-0.39, 0.29) is 12.5 Å². The van der Waals surface area contributed by atoms with Crippen molar-refractivity contribution in [3.05, 3.63) is 0 Å². The van der Waals surface area contributed by atoms with Crippen LogP contribution in [0.5, 0.6) is 0 Å². The molecule has 7 nitrogen and oxygen atoms in total. The summed E-state index contributed by atoms with van der Waals surface area (Å²) in [5, 5.41) is 13.7. The van der Waals surface area contributed by atoms with Gasteiger partial charge in [-0.3, -0.25) is 9.59 Å². The molecule has 0 saturated heterocycles. The molecule has 0 aliphatic rings. The Morgan fingerprint density at radius 3 is 2.22 bits per heavy atom. The van der Waals surface area contributed by atoms with Crippen molar-refractivity contribution in [3.8, 4) is 0 Å². The third-order valence-electron chi connectivity index (χ3n) is 2.56. The minimum absolute atomic E-state index is 0.109. The second kappa shape index (κ2) is 7.52. The lowest BCUT2D eigenvalue weighted by Crippen LogP contribution is -2.50. The minimum Gasteiger partial charge on any atom is -0.481 e. The second-order valence-corrected chi connectivity index (χ2v) is 4.06. The first kappa shape index (κ1) is 16.2. The van der Waals surface area contributed by atoms with Crippen LogP contribution in [0, 0.1) is 5.92 Å². The molecule has 0 aromatic heterocycles. The Hall–Kier alpha value is -1.79. The zero-order valence-corrected chi connectivity index (χ0v) is 11.2. The summed E-state index contributed by atoms with van der Waals surface area (Å²) >= 11 is 0. The number of aliphatic carboxylic acids is 1. The van der Waals surface area contributed by atoms with Gasteiger partial charge in [0.05, 0.1) is 5.92 Å². The van der Waals surface area contributed by atoms with Crippen molar-refractivity contribution in [1.29, 1.82) is 0 Å². The van der Waals surface area contributed by atoms with E-state index in [0.29, 0.717) is 6.54 Å². The van der Waals surface area contributed by atoms with Crippen molar-refractivity contribution in [2.24, 2.45) is 5.92 Å². The number of hydrogen-bond acceptors (Lipinski definition) is 3. The standard InChI is InChI=1S/C11H21N3O4/c1-5-14(6-7(2)10(16)17)11(18)13-8(3)9(15)12-4/h7-8H,5-6H2,1-4H3,(H,12,15)(H,13,18)(H,16,17). The molecule has 104 valence electrons. The van der Waals surface area contributed by atoms with Gasteiger partial charge in [-0.15, -0.1) is 0 Å². The van der Waals surface area contributed by atoms with Gasteiger partial charge < -0.3 is 20.6 Å². The van der Waals surface area contributed by atoms with Crippen LogP contribution in [-0.4, -0.2) is 54.1 Å². The van der Waals surface area contributed by atoms with Crippen molar-refractivity contribution in [2.45, 2.75) is 26.8 Å². The first-order chi connectivity index (χ1) is 8.33. The fourth-order valence-electron chi connectivity index (χ4n) is 1.32. The molecule has 0 saturated carbocycles. The summed E-state index contributed by atoms with van der Waals surface area (Å²) in [7, 11) is 1.48. The molecule has 3 amide bonds. The van der Waals surface area contributed by atoms with E-state index in [1.54, 1.807) is 13.8 Å². The molecule has 0 aromatic rings. The van der Waals surface area contributed by atoms with Crippen LogP contribution in [0.4, 0.5) is 4.79 Å². The lowest BCUT2D eigenvalue weighted by Gasteiger charge is -2.24. The van der Waals surface area contributed by atoms with Crippen molar-refractivity contribution < 1.29 is 19.5 Å². The van der Waals surface area contributed by atoms with Gasteiger partial charge in [-0.1, -0.05) is 6.92 Å². The number of carbonyl (C=O) groups is 3. The van der Waals surface area contributed by atoms with Gasteiger partial charge in [-0.25, -0.2) is 4.79 Å². The largest absolute Gasteiger partial charge is 0.481 e. The summed E-state index contributed by atoms with van der Waals surface area (Å²) in [6.45, 7) is 5.33. The number of carboxylic acids is 1. The normalized spacial score (nSPS) is 13.3. The predicted octanol–water partition coefficient (Wildman–Crippen LogP) is -0.127. The van der Waals surface area contributed by atoms with Crippen molar-refractivity contribution in [2.75, 3.05) is 20.1 Å². The molecule has 3 N–H and O–H groups in total. The number of nitrogens with zero attached hydrogens (tertiary/aromatic N) is 1. The number of hydrogen-bond donors (Lipinski definition) is 3. The van der Waals surface area contributed by atoms with E-state index in [9.17, 15) is 14.4 Å². The van der Waals surface area contributed by atoms with Crippen molar-refractivity contribution in [3.63, 3.8) is 0 Å². The summed E-state index contributed by atoms with van der Waals surface area (Å²) in [5.74, 6) is -1.91. The minimum atomic E-state index is -0.958. The van der Waals surface area contributed by atoms with Gasteiger partial charge >= 0.3 is 12.0 Å². The molecule has 0 spiro atoms. The third-order valence-corrected chi connectivity index (χ3v) is 2.56. The topological polar surface area (TPSA) is 98.7 Å². The Labute approximate surface area is 107 Å². The summed E-state index contributed by atoms with van der Waals surface area (Å²) in [4.78, 5) is 35.1. The molecule has 0 fully saturated rings. The highest BCUT2D eigenvalue weighted by molar-refractivity contribution is 5.86. The number of likely N-dealkylation sites (N-methyl/N-ethyl adjacent to an activating group) is 1. The fourth-order valence-corrected chi connectivity index (χ4v) is 1.32. The SMILES string of the molecule is CCN(CC(C)C(=O)O)C(=O)NC(C)C(=O)NC. The molecule has 2 unspecified atom stereocenters. The molecule has 0 heterocycles. The Morgan fingerprint density at radius 1 is 1.28 bits per heavy atom. The van der Waals surface area contributed by atoms with Crippen LogP contribution >= 0.6 is 0 Å². The molecule has 0 aliphatic heterocycles. The van der Waals surface area contributed by atoms with E-state index in [1.165, 1.54) is 18.9 Å². The Balaban J connectivity index is 4.44. The Kier molecular flexibility index (Phi) is 6.77. The van der Waals surface area contributed by atoms with Gasteiger partial charge in [0.15, 0.2) is 0 Å². The maximum absolute atomic E-state index is 11.8. The summed E-state index contributed by atoms with van der Waals surface area (Å²) in [5.41, 5.74) is 0. The van der Waals surface area contributed by atoms with E-state index in [0.717, 1.165) is 0 Å². The van der Waals surface area contributed by atoms with E-state index >= 15 is 0 Å². The summed E-state index contributed by atoms with van der Waals surface area (Å²) in [6, 6.07) is -1.10. The molecular weight excluding hydrogens is 238 g/mol. The fraction of sp³-hybridized carbons (Fsp3) is 0.727. The second-order valence-electron chi connectivity index (χ2n) is 4.06. The van der Waals surface area contributed by atoms with Gasteiger partial charge in [0.25, 0.3) is 0 Å². The Morgan fingerprint density at radius 2 is 1.83 bits per heavy atom. The van der Waals surface area contributed by atoms with Gasteiger partial charge in [-0.2, -0.15) is 0 Å². The maximum atomic E-state index is 11.8. The van der Waals surface area contributed by atoms with Crippen molar-refractivity contribution >= 4 is 17.9 Å².